The van der Waals surface area contributed by atoms with E-state index in [2.05, 4.69) is 74.8 Å². The number of ether oxygens (including phenoxy) is 1. The van der Waals surface area contributed by atoms with Gasteiger partial charge < -0.3 is 33.2 Å². The maximum atomic E-state index is 12.4. The molecule has 2 aliphatic heterocycles. The molecule has 0 bridgehead atoms. The number of carbonyl (C=O) groups excluding carboxylic acids is 1. The van der Waals surface area contributed by atoms with E-state index >= 15 is 0 Å². The summed E-state index contributed by atoms with van der Waals surface area (Å²) in [4.78, 5) is 39.3. The monoisotopic (exact) mass is 780 g/mol. The van der Waals surface area contributed by atoms with Gasteiger partial charge in [0.15, 0.2) is 43.1 Å². The average molecular weight is 781 g/mol. The summed E-state index contributed by atoms with van der Waals surface area (Å²) < 4.78 is 32.3. The number of nitrogens with zero attached hydrogens (tertiary/aromatic N) is 5. The van der Waals surface area contributed by atoms with Gasteiger partial charge in [0.25, 0.3) is 0 Å². The third kappa shape index (κ3) is 10.8. The highest BCUT2D eigenvalue weighted by Gasteiger charge is 2.56. The molecule has 5 heterocycles. The van der Waals surface area contributed by atoms with Crippen LogP contribution in [0.2, 0.25) is 18.1 Å². The number of aromatic nitrogens is 4. The quantitative estimate of drug-likeness (QED) is 0.106. The molecule has 2 saturated heterocycles. The molecular weight excluding hydrogens is 720 g/mol. The zero-order valence-electron chi connectivity index (χ0n) is 32.6. The number of rotatable bonds is 16. The number of amides is 1. The molecule has 3 aromatic heterocycles. The van der Waals surface area contributed by atoms with Crippen molar-refractivity contribution in [3.63, 3.8) is 0 Å². The molecule has 5 rings (SSSR count). The number of imidazole rings is 1. The standard InChI is InChI=1S/C24H34N5O7PSSi.C12H27N/c1-7-9-16(30)27-20-17-22(26-13-25-20)29(21(28-17)14-10-8-11-32-14)23-19(36-39(5,6)24(2,3)4)18-15(34-23)12-33-37(31,38)35-18;1-4-7-10-13(11-8-5-2)12-9-6-3/h8,10-11,13,15,18-19,23H,7,9,12H2,1-6H3,(H,31,38)(H,25,26,27,30);4-12H2,1-3H3/t15-,18-,19-,23-,37?;/m1./s1. The fraction of sp³-hybridized carbons (Fsp3) is 0.722. The van der Waals surface area contributed by atoms with E-state index in [1.54, 1.807) is 23.0 Å². The smallest absolute Gasteiger partial charge is 0.325 e. The highest BCUT2D eigenvalue weighted by molar-refractivity contribution is 8.07. The van der Waals surface area contributed by atoms with Crippen LogP contribution >= 0.6 is 6.72 Å². The molecule has 2 aliphatic rings. The first-order chi connectivity index (χ1) is 24.7. The molecule has 1 amide bonds. The SMILES string of the molecule is CCCC(=O)Nc1ncnc2c1nc(-c1ccco1)n2[C@@H]1O[C@@H]2COP(O)(=S)O[C@H]2[C@H]1O[Si](C)(C)C(C)(C)C.CCCCN(CCCC)CCCC. The minimum Gasteiger partial charge on any atom is -0.461 e. The predicted octanol–water partition coefficient (Wildman–Crippen LogP) is 8.43. The van der Waals surface area contributed by atoms with Crippen molar-refractivity contribution in [2.24, 2.45) is 0 Å². The second-order valence-electron chi connectivity index (χ2n) is 15.1. The summed E-state index contributed by atoms with van der Waals surface area (Å²) in [5, 5.41) is 2.72. The highest BCUT2D eigenvalue weighted by Crippen LogP contribution is 2.55. The van der Waals surface area contributed by atoms with Crippen molar-refractivity contribution in [1.82, 2.24) is 24.4 Å². The van der Waals surface area contributed by atoms with Crippen LogP contribution in [0.25, 0.3) is 22.7 Å². The lowest BCUT2D eigenvalue weighted by Crippen LogP contribution is -2.50. The Balaban J connectivity index is 0.000000398. The minimum absolute atomic E-state index is 0.0579. The molecule has 0 saturated carbocycles. The van der Waals surface area contributed by atoms with Crippen LogP contribution < -0.4 is 5.32 Å². The molecule has 2 fully saturated rings. The molecule has 0 aromatic carbocycles. The number of fused-ring (bicyclic) bond motifs is 2. The van der Waals surface area contributed by atoms with E-state index < -0.39 is 39.6 Å². The van der Waals surface area contributed by atoms with Crippen LogP contribution in [0, 0.1) is 0 Å². The highest BCUT2D eigenvalue weighted by atomic mass is 32.5. The van der Waals surface area contributed by atoms with Crippen LogP contribution in [0.15, 0.2) is 29.1 Å². The second kappa shape index (κ2) is 19.0. The summed E-state index contributed by atoms with van der Waals surface area (Å²) in [6.07, 6.45) is 9.35. The van der Waals surface area contributed by atoms with E-state index in [4.69, 9.17) is 39.4 Å². The lowest BCUT2D eigenvalue weighted by molar-refractivity contribution is -0.116. The van der Waals surface area contributed by atoms with Crippen molar-refractivity contribution in [3.8, 4) is 11.6 Å². The Hall–Kier alpha value is -2.07. The predicted molar refractivity (Wildman–Crippen MR) is 211 cm³/mol. The lowest BCUT2D eigenvalue weighted by Gasteiger charge is -2.41. The first kappa shape index (κ1) is 42.7. The summed E-state index contributed by atoms with van der Waals surface area (Å²) >= 11 is 5.20. The maximum Gasteiger partial charge on any atom is 0.325 e. The van der Waals surface area contributed by atoms with E-state index in [-0.39, 0.29) is 23.4 Å². The van der Waals surface area contributed by atoms with E-state index in [9.17, 15) is 9.69 Å². The summed E-state index contributed by atoms with van der Waals surface area (Å²) in [7, 11) is -2.39. The average Bonchev–Trinajstić information content (AvgIpc) is 3.82. The van der Waals surface area contributed by atoms with Crippen molar-refractivity contribution in [2.75, 3.05) is 31.6 Å². The zero-order valence-corrected chi connectivity index (χ0v) is 35.3. The minimum atomic E-state index is -3.47. The first-order valence-corrected chi connectivity index (χ1v) is 24.4. The number of hydrogen-bond acceptors (Lipinski definition) is 11. The van der Waals surface area contributed by atoms with Crippen molar-refractivity contribution >= 4 is 49.7 Å². The molecule has 5 atom stereocenters. The Morgan fingerprint density at radius 3 is 2.31 bits per heavy atom. The van der Waals surface area contributed by atoms with Crippen LogP contribution in [0.1, 0.15) is 106 Å². The Morgan fingerprint density at radius 2 is 1.75 bits per heavy atom. The van der Waals surface area contributed by atoms with Gasteiger partial charge in [-0.1, -0.05) is 67.7 Å². The van der Waals surface area contributed by atoms with E-state index in [1.807, 2.05) is 6.92 Å². The summed E-state index contributed by atoms with van der Waals surface area (Å²) in [5.41, 5.74) is 0.794. The van der Waals surface area contributed by atoms with Crippen LogP contribution in [0.4, 0.5) is 5.82 Å². The van der Waals surface area contributed by atoms with E-state index in [0.717, 1.165) is 0 Å². The van der Waals surface area contributed by atoms with Gasteiger partial charge in [-0.2, -0.15) is 0 Å². The molecule has 0 spiro atoms. The number of anilines is 1. The molecule has 0 radical (unpaired) electrons. The fourth-order valence-corrected chi connectivity index (χ4v) is 8.62. The molecule has 52 heavy (non-hydrogen) atoms. The largest absolute Gasteiger partial charge is 0.461 e. The second-order valence-corrected chi connectivity index (χ2v) is 22.7. The molecule has 2 N–H and O–H groups in total. The van der Waals surface area contributed by atoms with Gasteiger partial charge in [-0.3, -0.25) is 13.9 Å². The van der Waals surface area contributed by atoms with Gasteiger partial charge in [0, 0.05) is 6.42 Å². The van der Waals surface area contributed by atoms with Gasteiger partial charge >= 0.3 is 6.72 Å². The van der Waals surface area contributed by atoms with Crippen LogP contribution in [-0.4, -0.2) is 88.1 Å². The first-order valence-electron chi connectivity index (χ1n) is 18.9. The molecular formula is C36H61N6O7PSSi. The number of unbranched alkanes of at least 4 members (excludes halogenated alkanes) is 3. The maximum absolute atomic E-state index is 12.4. The number of hydrogen-bond donors (Lipinski definition) is 2. The summed E-state index contributed by atoms with van der Waals surface area (Å²) in [6, 6.07) is 3.53. The number of nitrogens with one attached hydrogen (secondary N) is 1. The number of furan rings is 1. The summed E-state index contributed by atoms with van der Waals surface area (Å²) in [5.74, 6) is 0.993. The van der Waals surface area contributed by atoms with Gasteiger partial charge in [-0.05, 0) is 87.4 Å². The Bertz CT molecular complexity index is 1600. The normalized spacial score (nSPS) is 23.4. The van der Waals surface area contributed by atoms with Gasteiger partial charge in [0.05, 0.1) is 12.9 Å². The number of carbonyl (C=O) groups is 1. The van der Waals surface area contributed by atoms with E-state index in [1.165, 1.54) is 64.5 Å². The Kier molecular flexibility index (Phi) is 15.6. The van der Waals surface area contributed by atoms with Crippen molar-refractivity contribution in [3.05, 3.63) is 24.7 Å². The van der Waals surface area contributed by atoms with Crippen molar-refractivity contribution in [1.29, 1.82) is 0 Å². The zero-order chi connectivity index (χ0) is 38.1. The lowest BCUT2D eigenvalue weighted by atomic mass is 10.1. The van der Waals surface area contributed by atoms with Crippen LogP contribution in [0.5, 0.6) is 0 Å². The van der Waals surface area contributed by atoms with Crippen molar-refractivity contribution in [2.45, 2.75) is 143 Å². The molecule has 13 nitrogen and oxygen atoms in total. The van der Waals surface area contributed by atoms with Gasteiger partial charge in [0.2, 0.25) is 5.91 Å². The van der Waals surface area contributed by atoms with Gasteiger partial charge in [-0.25, -0.2) is 15.0 Å². The van der Waals surface area contributed by atoms with Crippen LogP contribution in [-0.2, 0) is 34.8 Å². The third-order valence-corrected chi connectivity index (χ3v) is 15.9. The van der Waals surface area contributed by atoms with E-state index in [0.29, 0.717) is 35.6 Å². The van der Waals surface area contributed by atoms with Crippen LogP contribution in [0.3, 0.4) is 0 Å². The van der Waals surface area contributed by atoms with Gasteiger partial charge in [0.1, 0.15) is 24.6 Å². The van der Waals surface area contributed by atoms with Gasteiger partial charge in [-0.15, -0.1) is 0 Å². The summed E-state index contributed by atoms with van der Waals surface area (Å²) in [6.45, 7) is 20.0. The Morgan fingerprint density at radius 1 is 1.10 bits per heavy atom. The molecule has 0 aliphatic carbocycles. The molecule has 16 heteroatoms. The molecule has 3 aromatic rings. The topological polar surface area (TPSA) is 146 Å². The molecule has 292 valence electrons. The Labute approximate surface area is 315 Å². The van der Waals surface area contributed by atoms with Crippen molar-refractivity contribution < 1.29 is 32.3 Å². The molecule has 1 unspecified atom stereocenters. The fourth-order valence-electron chi connectivity index (χ4n) is 5.89. The third-order valence-electron chi connectivity index (χ3n) is 9.87.